The molecule has 0 saturated heterocycles. The molecule has 3 aromatic heterocycles. The van der Waals surface area contributed by atoms with Crippen molar-refractivity contribution in [3.8, 4) is 10.7 Å². The van der Waals surface area contributed by atoms with Crippen molar-refractivity contribution >= 4 is 17.0 Å². The molecule has 0 saturated carbocycles. The molecule has 0 aliphatic carbocycles. The molecule has 0 aromatic carbocycles. The normalized spacial score (nSPS) is 10.4. The molecule has 1 N–H and O–H groups in total. The summed E-state index contributed by atoms with van der Waals surface area (Å²) in [7, 11) is 0. The van der Waals surface area contributed by atoms with Crippen molar-refractivity contribution < 1.29 is 0 Å². The zero-order valence-corrected chi connectivity index (χ0v) is 11.9. The maximum Gasteiger partial charge on any atom is 0.142 e. The first kappa shape index (κ1) is 12.7. The fraction of sp³-hybridized carbons (Fsp3) is 0.133. The van der Waals surface area contributed by atoms with Crippen LogP contribution in [0.25, 0.3) is 10.7 Å². The van der Waals surface area contributed by atoms with Gasteiger partial charge in [0.25, 0.3) is 0 Å². The van der Waals surface area contributed by atoms with Crippen LogP contribution in [0.15, 0.2) is 48.1 Å². The SMILES string of the molecule is Cc1ncccc1NCc1csc(-c2ccccn2)n1. The molecule has 0 spiro atoms. The molecule has 0 aliphatic heterocycles. The first-order valence-electron chi connectivity index (χ1n) is 6.34. The van der Waals surface area contributed by atoms with Gasteiger partial charge in [0.1, 0.15) is 5.01 Å². The number of nitrogens with zero attached hydrogens (tertiary/aromatic N) is 3. The lowest BCUT2D eigenvalue weighted by atomic mass is 10.3. The van der Waals surface area contributed by atoms with Gasteiger partial charge in [-0.25, -0.2) is 4.98 Å². The van der Waals surface area contributed by atoms with Crippen molar-refractivity contribution in [3.63, 3.8) is 0 Å². The predicted molar refractivity (Wildman–Crippen MR) is 81.6 cm³/mol. The van der Waals surface area contributed by atoms with Crippen molar-refractivity contribution in [1.82, 2.24) is 15.0 Å². The van der Waals surface area contributed by atoms with Gasteiger partial charge in [-0.05, 0) is 31.2 Å². The van der Waals surface area contributed by atoms with Gasteiger partial charge in [0.2, 0.25) is 0 Å². The number of aromatic nitrogens is 3. The number of aryl methyl sites for hydroxylation is 1. The highest BCUT2D eigenvalue weighted by molar-refractivity contribution is 7.13. The van der Waals surface area contributed by atoms with Gasteiger partial charge >= 0.3 is 0 Å². The van der Waals surface area contributed by atoms with Gasteiger partial charge in [0, 0.05) is 17.8 Å². The van der Waals surface area contributed by atoms with Crippen LogP contribution in [0, 0.1) is 6.92 Å². The van der Waals surface area contributed by atoms with E-state index in [1.165, 1.54) is 0 Å². The van der Waals surface area contributed by atoms with Crippen molar-refractivity contribution in [2.24, 2.45) is 0 Å². The third-order valence-corrected chi connectivity index (χ3v) is 3.82. The van der Waals surface area contributed by atoms with E-state index in [0.717, 1.165) is 27.8 Å². The summed E-state index contributed by atoms with van der Waals surface area (Å²) in [6, 6.07) is 9.80. The number of nitrogens with one attached hydrogen (secondary N) is 1. The van der Waals surface area contributed by atoms with E-state index in [0.29, 0.717) is 6.54 Å². The lowest BCUT2D eigenvalue weighted by molar-refractivity contribution is 1.05. The van der Waals surface area contributed by atoms with Gasteiger partial charge in [-0.15, -0.1) is 11.3 Å². The van der Waals surface area contributed by atoms with Crippen LogP contribution in [0.4, 0.5) is 5.69 Å². The smallest absolute Gasteiger partial charge is 0.142 e. The average Bonchev–Trinajstić information content (AvgIpc) is 2.96. The minimum Gasteiger partial charge on any atom is -0.378 e. The Morgan fingerprint density at radius 2 is 2.00 bits per heavy atom. The summed E-state index contributed by atoms with van der Waals surface area (Å²) in [4.78, 5) is 13.2. The van der Waals surface area contributed by atoms with E-state index < -0.39 is 0 Å². The lowest BCUT2D eigenvalue weighted by Gasteiger charge is -2.06. The highest BCUT2D eigenvalue weighted by Gasteiger charge is 2.05. The van der Waals surface area contributed by atoms with Crippen LogP contribution in [-0.4, -0.2) is 15.0 Å². The summed E-state index contributed by atoms with van der Waals surface area (Å²) < 4.78 is 0. The van der Waals surface area contributed by atoms with Crippen molar-refractivity contribution in [2.45, 2.75) is 13.5 Å². The maximum atomic E-state index is 4.60. The van der Waals surface area contributed by atoms with Gasteiger partial charge in [-0.3, -0.25) is 9.97 Å². The van der Waals surface area contributed by atoms with Crippen molar-refractivity contribution in [3.05, 3.63) is 59.5 Å². The molecule has 0 radical (unpaired) electrons. The largest absolute Gasteiger partial charge is 0.378 e. The monoisotopic (exact) mass is 282 g/mol. The van der Waals surface area contributed by atoms with E-state index in [2.05, 4.69) is 25.6 Å². The summed E-state index contributed by atoms with van der Waals surface area (Å²) in [5.74, 6) is 0. The van der Waals surface area contributed by atoms with Crippen LogP contribution in [-0.2, 0) is 6.54 Å². The molecule has 20 heavy (non-hydrogen) atoms. The minimum atomic E-state index is 0.690. The lowest BCUT2D eigenvalue weighted by Crippen LogP contribution is -2.02. The van der Waals surface area contributed by atoms with Crippen molar-refractivity contribution in [1.29, 1.82) is 0 Å². The summed E-state index contributed by atoms with van der Waals surface area (Å²) >= 11 is 1.61. The maximum absolute atomic E-state index is 4.60. The topological polar surface area (TPSA) is 50.7 Å². The molecule has 3 rings (SSSR count). The van der Waals surface area contributed by atoms with Gasteiger partial charge in [0.15, 0.2) is 0 Å². The molecule has 100 valence electrons. The third kappa shape index (κ3) is 2.83. The number of anilines is 1. The molecule has 3 aromatic rings. The standard InChI is InChI=1S/C15H14N4S/c1-11-13(6-4-8-16-11)18-9-12-10-20-15(19-12)14-5-2-3-7-17-14/h2-8,10,18H,9H2,1H3. The molecule has 0 atom stereocenters. The molecular weight excluding hydrogens is 268 g/mol. The van der Waals surface area contributed by atoms with E-state index in [9.17, 15) is 0 Å². The zero-order valence-electron chi connectivity index (χ0n) is 11.1. The fourth-order valence-corrected chi connectivity index (χ4v) is 2.65. The summed E-state index contributed by atoms with van der Waals surface area (Å²) in [5.41, 5.74) is 3.97. The van der Waals surface area contributed by atoms with E-state index in [1.54, 1.807) is 23.7 Å². The first-order valence-corrected chi connectivity index (χ1v) is 7.22. The molecule has 0 amide bonds. The Balaban J connectivity index is 1.71. The molecule has 5 heteroatoms. The van der Waals surface area contributed by atoms with Gasteiger partial charge in [-0.2, -0.15) is 0 Å². The molecule has 0 unspecified atom stereocenters. The Bertz CT molecular complexity index is 694. The molecule has 3 heterocycles. The number of thiazole rings is 1. The van der Waals surface area contributed by atoms with Crippen molar-refractivity contribution in [2.75, 3.05) is 5.32 Å². The van der Waals surface area contributed by atoms with E-state index >= 15 is 0 Å². The van der Waals surface area contributed by atoms with Crippen LogP contribution < -0.4 is 5.32 Å². The Kier molecular flexibility index (Phi) is 3.69. The zero-order chi connectivity index (χ0) is 13.8. The number of hydrogen-bond acceptors (Lipinski definition) is 5. The van der Waals surface area contributed by atoms with E-state index in [-0.39, 0.29) is 0 Å². The first-order chi connectivity index (χ1) is 9.83. The summed E-state index contributed by atoms with van der Waals surface area (Å²) in [6.07, 6.45) is 3.58. The van der Waals surface area contributed by atoms with E-state index in [4.69, 9.17) is 0 Å². The second-order valence-electron chi connectivity index (χ2n) is 4.35. The second kappa shape index (κ2) is 5.79. The number of hydrogen-bond donors (Lipinski definition) is 1. The Morgan fingerprint density at radius 1 is 1.10 bits per heavy atom. The van der Waals surface area contributed by atoms with Crippen LogP contribution in [0.2, 0.25) is 0 Å². The number of pyridine rings is 2. The van der Waals surface area contributed by atoms with Gasteiger partial charge < -0.3 is 5.32 Å². The second-order valence-corrected chi connectivity index (χ2v) is 5.21. The summed E-state index contributed by atoms with van der Waals surface area (Å²) in [5, 5.41) is 6.36. The fourth-order valence-electron chi connectivity index (χ4n) is 1.85. The highest BCUT2D eigenvalue weighted by atomic mass is 32.1. The molecule has 0 aliphatic rings. The van der Waals surface area contributed by atoms with Crippen LogP contribution in [0.3, 0.4) is 0 Å². The summed E-state index contributed by atoms with van der Waals surface area (Å²) in [6.45, 7) is 2.68. The van der Waals surface area contributed by atoms with Crippen LogP contribution in [0.1, 0.15) is 11.4 Å². The highest BCUT2D eigenvalue weighted by Crippen LogP contribution is 2.22. The van der Waals surface area contributed by atoms with Gasteiger partial charge in [0.05, 0.1) is 29.3 Å². The number of rotatable bonds is 4. The quantitative estimate of drug-likeness (QED) is 0.795. The van der Waals surface area contributed by atoms with Crippen LogP contribution >= 0.6 is 11.3 Å². The molecule has 4 nitrogen and oxygen atoms in total. The Morgan fingerprint density at radius 3 is 2.80 bits per heavy atom. The van der Waals surface area contributed by atoms with Crippen LogP contribution in [0.5, 0.6) is 0 Å². The van der Waals surface area contributed by atoms with Gasteiger partial charge in [-0.1, -0.05) is 6.07 Å². The molecular formula is C15H14N4S. The molecule has 0 bridgehead atoms. The van der Waals surface area contributed by atoms with E-state index in [1.807, 2.05) is 37.3 Å². The predicted octanol–water partition coefficient (Wildman–Crippen LogP) is 3.52. The molecule has 0 fully saturated rings. The Labute approximate surface area is 121 Å². The Hall–Kier alpha value is -2.27. The average molecular weight is 282 g/mol. The minimum absolute atomic E-state index is 0.690. The third-order valence-electron chi connectivity index (χ3n) is 2.90.